The van der Waals surface area contributed by atoms with Crippen molar-refractivity contribution in [3.05, 3.63) is 58.5 Å². The zero-order valence-electron chi connectivity index (χ0n) is 11.5. The van der Waals surface area contributed by atoms with Gasteiger partial charge in [0, 0.05) is 12.7 Å². The molecule has 1 aromatic carbocycles. The molecule has 0 aliphatic heterocycles. The monoisotopic (exact) mass is 304 g/mol. The lowest BCUT2D eigenvalue weighted by molar-refractivity contribution is 0.625. The van der Waals surface area contributed by atoms with E-state index in [2.05, 4.69) is 15.4 Å². The minimum absolute atomic E-state index is 0.205. The number of nitrogens with zero attached hydrogens (tertiary/aromatic N) is 3. The summed E-state index contributed by atoms with van der Waals surface area (Å²) in [6.45, 7) is 2.58. The van der Waals surface area contributed by atoms with E-state index in [9.17, 15) is 4.39 Å². The molecule has 0 unspecified atom stereocenters. The summed E-state index contributed by atoms with van der Waals surface area (Å²) in [6, 6.07) is 8.42. The van der Waals surface area contributed by atoms with Crippen LogP contribution in [-0.2, 0) is 6.42 Å². The van der Waals surface area contributed by atoms with Gasteiger partial charge in [-0.25, -0.2) is 8.91 Å². The molecule has 0 aliphatic carbocycles. The molecule has 1 N–H and O–H groups in total. The molecule has 0 amide bonds. The number of anilines is 1. The molecule has 0 aliphatic rings. The number of hydrogen-bond donors (Lipinski definition) is 1. The van der Waals surface area contributed by atoms with Gasteiger partial charge in [-0.3, -0.25) is 0 Å². The first-order valence-electron chi connectivity index (χ1n) is 6.63. The van der Waals surface area contributed by atoms with Crippen LogP contribution in [0.3, 0.4) is 0 Å². The standard InChI is InChI=1S/C15H14ClFN4/c1-10-8-13(17)4-2-11(10)6-7-18-15-19-14-5-3-12(16)9-21(14)20-15/h2-5,8-9H,6-7H2,1H3,(H,18,20). The largest absolute Gasteiger partial charge is 0.353 e. The SMILES string of the molecule is Cc1cc(F)ccc1CCNc1nc2ccc(Cl)cn2n1. The molecule has 0 spiro atoms. The van der Waals surface area contributed by atoms with E-state index in [-0.39, 0.29) is 5.82 Å². The highest BCUT2D eigenvalue weighted by Gasteiger charge is 2.04. The summed E-state index contributed by atoms with van der Waals surface area (Å²) in [5.41, 5.74) is 2.79. The molecule has 0 atom stereocenters. The van der Waals surface area contributed by atoms with Crippen molar-refractivity contribution >= 4 is 23.2 Å². The summed E-state index contributed by atoms with van der Waals surface area (Å²) >= 11 is 5.90. The molecule has 4 nitrogen and oxygen atoms in total. The number of nitrogens with one attached hydrogen (secondary N) is 1. The Labute approximate surface area is 126 Å². The Balaban J connectivity index is 1.66. The molecule has 2 heterocycles. The number of aromatic nitrogens is 3. The van der Waals surface area contributed by atoms with Crippen molar-refractivity contribution in [1.29, 1.82) is 0 Å². The fourth-order valence-electron chi connectivity index (χ4n) is 2.18. The van der Waals surface area contributed by atoms with Gasteiger partial charge in [0.1, 0.15) is 5.82 Å². The number of halogens is 2. The quantitative estimate of drug-likeness (QED) is 0.802. The average Bonchev–Trinajstić information content (AvgIpc) is 2.83. The molecular formula is C15H14ClFN4. The third-order valence-electron chi connectivity index (χ3n) is 3.28. The van der Waals surface area contributed by atoms with E-state index < -0.39 is 0 Å². The molecule has 3 rings (SSSR count). The Kier molecular flexibility index (Phi) is 3.75. The summed E-state index contributed by atoms with van der Waals surface area (Å²) in [5, 5.41) is 8.07. The van der Waals surface area contributed by atoms with Crippen molar-refractivity contribution in [2.45, 2.75) is 13.3 Å². The Morgan fingerprint density at radius 2 is 2.14 bits per heavy atom. The number of benzene rings is 1. The van der Waals surface area contributed by atoms with Crippen molar-refractivity contribution in [3.63, 3.8) is 0 Å². The molecule has 0 saturated heterocycles. The average molecular weight is 305 g/mol. The first-order valence-corrected chi connectivity index (χ1v) is 7.00. The summed E-state index contributed by atoms with van der Waals surface area (Å²) in [5.74, 6) is 0.347. The van der Waals surface area contributed by atoms with Crippen LogP contribution < -0.4 is 5.32 Å². The van der Waals surface area contributed by atoms with Gasteiger partial charge in [-0.15, -0.1) is 5.10 Å². The maximum atomic E-state index is 13.0. The molecule has 0 radical (unpaired) electrons. The van der Waals surface area contributed by atoms with Gasteiger partial charge in [-0.1, -0.05) is 17.7 Å². The molecule has 0 saturated carbocycles. The third kappa shape index (κ3) is 3.13. The van der Waals surface area contributed by atoms with Gasteiger partial charge in [-0.05, 0) is 48.7 Å². The molecule has 3 aromatic rings. The zero-order chi connectivity index (χ0) is 14.8. The van der Waals surface area contributed by atoms with Crippen molar-refractivity contribution in [2.75, 3.05) is 11.9 Å². The Bertz CT molecular complexity index is 784. The van der Waals surface area contributed by atoms with E-state index in [0.717, 1.165) is 23.2 Å². The zero-order valence-corrected chi connectivity index (χ0v) is 12.2. The summed E-state index contributed by atoms with van der Waals surface area (Å²) in [6.07, 6.45) is 2.49. The van der Waals surface area contributed by atoms with Gasteiger partial charge in [0.25, 0.3) is 0 Å². The number of rotatable bonds is 4. The van der Waals surface area contributed by atoms with Crippen LogP contribution in [0.1, 0.15) is 11.1 Å². The van der Waals surface area contributed by atoms with E-state index in [1.807, 2.05) is 19.1 Å². The topological polar surface area (TPSA) is 42.2 Å². The van der Waals surface area contributed by atoms with Crippen molar-refractivity contribution in [2.24, 2.45) is 0 Å². The lowest BCUT2D eigenvalue weighted by Gasteiger charge is -2.06. The van der Waals surface area contributed by atoms with Crippen LogP contribution in [0.2, 0.25) is 5.02 Å². The predicted octanol–water partition coefficient (Wildman–Crippen LogP) is 3.48. The molecule has 0 fully saturated rings. The van der Waals surface area contributed by atoms with Crippen molar-refractivity contribution < 1.29 is 4.39 Å². The molecule has 21 heavy (non-hydrogen) atoms. The lowest BCUT2D eigenvalue weighted by atomic mass is 10.1. The van der Waals surface area contributed by atoms with E-state index in [0.29, 0.717) is 17.5 Å². The Morgan fingerprint density at radius 3 is 2.95 bits per heavy atom. The normalized spacial score (nSPS) is 11.0. The number of hydrogen-bond acceptors (Lipinski definition) is 3. The second-order valence-electron chi connectivity index (χ2n) is 4.83. The summed E-state index contributed by atoms with van der Waals surface area (Å²) < 4.78 is 14.7. The molecule has 0 bridgehead atoms. The van der Waals surface area contributed by atoms with Gasteiger partial charge >= 0.3 is 0 Å². The smallest absolute Gasteiger partial charge is 0.243 e. The van der Waals surface area contributed by atoms with E-state index in [1.54, 1.807) is 22.8 Å². The van der Waals surface area contributed by atoms with Gasteiger partial charge in [0.2, 0.25) is 5.95 Å². The third-order valence-corrected chi connectivity index (χ3v) is 3.50. The second-order valence-corrected chi connectivity index (χ2v) is 5.27. The highest BCUT2D eigenvalue weighted by atomic mass is 35.5. The molecule has 6 heteroatoms. The van der Waals surface area contributed by atoms with Crippen LogP contribution in [0, 0.1) is 12.7 Å². The fourth-order valence-corrected chi connectivity index (χ4v) is 2.34. The highest BCUT2D eigenvalue weighted by molar-refractivity contribution is 6.30. The number of aryl methyl sites for hydroxylation is 1. The summed E-state index contributed by atoms with van der Waals surface area (Å²) in [4.78, 5) is 4.34. The first kappa shape index (κ1) is 13.8. The maximum absolute atomic E-state index is 13.0. The fraction of sp³-hybridized carbons (Fsp3) is 0.200. The first-order chi connectivity index (χ1) is 10.1. The van der Waals surface area contributed by atoms with Crippen LogP contribution in [0.4, 0.5) is 10.3 Å². The van der Waals surface area contributed by atoms with Crippen LogP contribution in [0.5, 0.6) is 0 Å². The van der Waals surface area contributed by atoms with Crippen LogP contribution in [0.25, 0.3) is 5.65 Å². The minimum Gasteiger partial charge on any atom is -0.353 e. The van der Waals surface area contributed by atoms with Crippen molar-refractivity contribution in [3.8, 4) is 0 Å². The molecule has 108 valence electrons. The second kappa shape index (κ2) is 5.69. The molecule has 2 aromatic heterocycles. The Hall–Kier alpha value is -2.14. The van der Waals surface area contributed by atoms with Gasteiger partial charge < -0.3 is 5.32 Å². The van der Waals surface area contributed by atoms with Crippen LogP contribution in [0.15, 0.2) is 36.5 Å². The maximum Gasteiger partial charge on any atom is 0.243 e. The number of pyridine rings is 1. The van der Waals surface area contributed by atoms with Gasteiger partial charge in [-0.2, -0.15) is 4.98 Å². The van der Waals surface area contributed by atoms with E-state index in [1.165, 1.54) is 6.07 Å². The number of fused-ring (bicyclic) bond motifs is 1. The minimum atomic E-state index is -0.205. The van der Waals surface area contributed by atoms with Crippen LogP contribution in [-0.4, -0.2) is 21.1 Å². The van der Waals surface area contributed by atoms with E-state index >= 15 is 0 Å². The van der Waals surface area contributed by atoms with E-state index in [4.69, 9.17) is 11.6 Å². The predicted molar refractivity (Wildman–Crippen MR) is 81.3 cm³/mol. The van der Waals surface area contributed by atoms with Crippen LogP contribution >= 0.6 is 11.6 Å². The van der Waals surface area contributed by atoms with Gasteiger partial charge in [0.05, 0.1) is 5.02 Å². The van der Waals surface area contributed by atoms with Gasteiger partial charge in [0.15, 0.2) is 5.65 Å². The molecular weight excluding hydrogens is 291 g/mol. The Morgan fingerprint density at radius 1 is 1.29 bits per heavy atom. The van der Waals surface area contributed by atoms with Crippen molar-refractivity contribution in [1.82, 2.24) is 14.6 Å². The highest BCUT2D eigenvalue weighted by Crippen LogP contribution is 2.13. The summed E-state index contributed by atoms with van der Waals surface area (Å²) in [7, 11) is 0. The lowest BCUT2D eigenvalue weighted by Crippen LogP contribution is -2.07.